The maximum atomic E-state index is 4.88. The highest BCUT2D eigenvalue weighted by Gasteiger charge is 2.19. The molecule has 1 aromatic carbocycles. The van der Waals surface area contributed by atoms with Crippen molar-refractivity contribution in [2.24, 2.45) is 0 Å². The van der Waals surface area contributed by atoms with Crippen molar-refractivity contribution < 1.29 is 0 Å². The van der Waals surface area contributed by atoms with E-state index in [4.69, 9.17) is 4.98 Å². The van der Waals surface area contributed by atoms with Gasteiger partial charge in [0.2, 0.25) is 0 Å². The first-order valence-corrected chi connectivity index (χ1v) is 9.37. The van der Waals surface area contributed by atoms with Gasteiger partial charge in [-0.25, -0.2) is 15.0 Å². The van der Waals surface area contributed by atoms with E-state index >= 15 is 0 Å². The minimum Gasteiger partial charge on any atom is -0.354 e. The van der Waals surface area contributed by atoms with Gasteiger partial charge in [0, 0.05) is 50.7 Å². The standard InChI is InChI=1S/C21H25N5/c1-3-20-22-9-8-17(23-20)15-25-10-12-26(13-11-25)21-14-16(2)18-6-4-5-7-19(18)24-21/h4-9,14H,3,10-13,15H2,1-2H3. The Balaban J connectivity index is 1.43. The highest BCUT2D eigenvalue weighted by molar-refractivity contribution is 5.83. The summed E-state index contributed by atoms with van der Waals surface area (Å²) in [7, 11) is 0. The van der Waals surface area contributed by atoms with Gasteiger partial charge in [-0.2, -0.15) is 0 Å². The second-order valence-electron chi connectivity index (χ2n) is 6.90. The molecule has 3 aromatic rings. The van der Waals surface area contributed by atoms with Crippen molar-refractivity contribution in [2.75, 3.05) is 31.1 Å². The van der Waals surface area contributed by atoms with Crippen LogP contribution >= 0.6 is 0 Å². The molecule has 0 radical (unpaired) electrons. The average Bonchev–Trinajstić information content (AvgIpc) is 2.69. The van der Waals surface area contributed by atoms with Crippen LogP contribution < -0.4 is 4.90 Å². The number of nitrogens with zero attached hydrogens (tertiary/aromatic N) is 5. The molecule has 1 aliphatic heterocycles. The highest BCUT2D eigenvalue weighted by atomic mass is 15.3. The van der Waals surface area contributed by atoms with Crippen molar-refractivity contribution in [3.05, 3.63) is 59.7 Å². The lowest BCUT2D eigenvalue weighted by Gasteiger charge is -2.35. The van der Waals surface area contributed by atoms with Crippen molar-refractivity contribution in [2.45, 2.75) is 26.8 Å². The summed E-state index contributed by atoms with van der Waals surface area (Å²) in [5.41, 5.74) is 3.49. The van der Waals surface area contributed by atoms with Crippen LogP contribution in [0.1, 0.15) is 24.0 Å². The fourth-order valence-corrected chi connectivity index (χ4v) is 3.56. The molecule has 1 aliphatic rings. The molecule has 26 heavy (non-hydrogen) atoms. The fraction of sp³-hybridized carbons (Fsp3) is 0.381. The second kappa shape index (κ2) is 7.38. The van der Waals surface area contributed by atoms with Crippen LogP contribution in [-0.2, 0) is 13.0 Å². The van der Waals surface area contributed by atoms with Crippen LogP contribution in [0.25, 0.3) is 10.9 Å². The monoisotopic (exact) mass is 347 g/mol. The number of anilines is 1. The number of benzene rings is 1. The van der Waals surface area contributed by atoms with Crippen LogP contribution in [0.4, 0.5) is 5.82 Å². The maximum absolute atomic E-state index is 4.88. The normalized spacial score (nSPS) is 15.5. The Morgan fingerprint density at radius 1 is 1.00 bits per heavy atom. The minimum atomic E-state index is 0.884. The van der Waals surface area contributed by atoms with E-state index in [1.165, 1.54) is 10.9 Å². The molecule has 0 saturated carbocycles. The van der Waals surface area contributed by atoms with Crippen LogP contribution in [0.15, 0.2) is 42.6 Å². The predicted octanol–water partition coefficient (Wildman–Crippen LogP) is 3.22. The average molecular weight is 347 g/mol. The van der Waals surface area contributed by atoms with Gasteiger partial charge in [0.05, 0.1) is 11.2 Å². The molecule has 2 aromatic heterocycles. The van der Waals surface area contributed by atoms with Crippen molar-refractivity contribution in [1.29, 1.82) is 0 Å². The summed E-state index contributed by atoms with van der Waals surface area (Å²) < 4.78 is 0. The molecule has 1 fully saturated rings. The fourth-order valence-electron chi connectivity index (χ4n) is 3.56. The Kier molecular flexibility index (Phi) is 4.80. The number of aryl methyl sites for hydroxylation is 2. The molecular weight excluding hydrogens is 322 g/mol. The van der Waals surface area contributed by atoms with Crippen LogP contribution in [0.5, 0.6) is 0 Å². The molecule has 5 heteroatoms. The molecule has 0 amide bonds. The summed E-state index contributed by atoms with van der Waals surface area (Å²) in [6.07, 6.45) is 2.76. The molecule has 0 spiro atoms. The van der Waals surface area contributed by atoms with Crippen LogP contribution in [-0.4, -0.2) is 46.0 Å². The first kappa shape index (κ1) is 16.9. The summed E-state index contributed by atoms with van der Waals surface area (Å²) in [6.45, 7) is 9.21. The smallest absolute Gasteiger partial charge is 0.129 e. The van der Waals surface area contributed by atoms with Gasteiger partial charge in [0.1, 0.15) is 11.6 Å². The number of rotatable bonds is 4. The molecule has 134 valence electrons. The van der Waals surface area contributed by atoms with Gasteiger partial charge in [0.25, 0.3) is 0 Å². The number of fused-ring (bicyclic) bond motifs is 1. The third-order valence-electron chi connectivity index (χ3n) is 5.07. The predicted molar refractivity (Wildman–Crippen MR) is 105 cm³/mol. The zero-order valence-corrected chi connectivity index (χ0v) is 15.5. The highest BCUT2D eigenvalue weighted by Crippen LogP contribution is 2.23. The maximum Gasteiger partial charge on any atom is 0.129 e. The number of hydrogen-bond donors (Lipinski definition) is 0. The van der Waals surface area contributed by atoms with Crippen molar-refractivity contribution in [3.8, 4) is 0 Å². The number of hydrogen-bond acceptors (Lipinski definition) is 5. The van der Waals surface area contributed by atoms with Crippen LogP contribution in [0.3, 0.4) is 0 Å². The number of pyridine rings is 1. The molecule has 0 atom stereocenters. The van der Waals surface area contributed by atoms with E-state index in [-0.39, 0.29) is 0 Å². The van der Waals surface area contributed by atoms with Gasteiger partial charge >= 0.3 is 0 Å². The van der Waals surface area contributed by atoms with Crippen molar-refractivity contribution in [1.82, 2.24) is 19.9 Å². The lowest BCUT2D eigenvalue weighted by atomic mass is 10.1. The number of piperazine rings is 1. The van der Waals surface area contributed by atoms with Crippen molar-refractivity contribution in [3.63, 3.8) is 0 Å². The number of para-hydroxylation sites is 1. The Morgan fingerprint density at radius 2 is 1.81 bits per heavy atom. The second-order valence-corrected chi connectivity index (χ2v) is 6.90. The molecule has 0 N–H and O–H groups in total. The van der Waals surface area contributed by atoms with E-state index in [0.717, 1.165) is 62.0 Å². The molecule has 0 bridgehead atoms. The molecule has 5 nitrogen and oxygen atoms in total. The topological polar surface area (TPSA) is 45.2 Å². The minimum absolute atomic E-state index is 0.884. The Labute approximate surface area is 154 Å². The van der Waals surface area contributed by atoms with E-state index in [9.17, 15) is 0 Å². The SMILES string of the molecule is CCc1nccc(CN2CCN(c3cc(C)c4ccccc4n3)CC2)n1. The molecule has 0 aliphatic carbocycles. The zero-order valence-electron chi connectivity index (χ0n) is 15.5. The van der Waals surface area contributed by atoms with Gasteiger partial charge in [0.15, 0.2) is 0 Å². The molecule has 0 unspecified atom stereocenters. The van der Waals surface area contributed by atoms with Crippen LogP contribution in [0.2, 0.25) is 0 Å². The van der Waals surface area contributed by atoms with E-state index < -0.39 is 0 Å². The lowest BCUT2D eigenvalue weighted by molar-refractivity contribution is 0.246. The molecular formula is C21H25N5. The third kappa shape index (κ3) is 3.53. The van der Waals surface area contributed by atoms with Gasteiger partial charge in [-0.05, 0) is 30.7 Å². The zero-order chi connectivity index (χ0) is 17.9. The van der Waals surface area contributed by atoms with E-state index in [0.29, 0.717) is 0 Å². The van der Waals surface area contributed by atoms with Crippen LogP contribution in [0, 0.1) is 6.92 Å². The van der Waals surface area contributed by atoms with Gasteiger partial charge in [-0.3, -0.25) is 4.90 Å². The van der Waals surface area contributed by atoms with E-state index in [1.54, 1.807) is 0 Å². The molecule has 3 heterocycles. The molecule has 1 saturated heterocycles. The van der Waals surface area contributed by atoms with Gasteiger partial charge < -0.3 is 4.90 Å². The Morgan fingerprint density at radius 3 is 2.62 bits per heavy atom. The van der Waals surface area contributed by atoms with Gasteiger partial charge in [-0.15, -0.1) is 0 Å². The lowest BCUT2D eigenvalue weighted by Crippen LogP contribution is -2.46. The third-order valence-corrected chi connectivity index (χ3v) is 5.07. The summed E-state index contributed by atoms with van der Waals surface area (Å²) in [4.78, 5) is 18.7. The largest absolute Gasteiger partial charge is 0.354 e. The summed E-state index contributed by atoms with van der Waals surface area (Å²) in [5.74, 6) is 2.02. The quantitative estimate of drug-likeness (QED) is 0.725. The summed E-state index contributed by atoms with van der Waals surface area (Å²) in [5, 5.41) is 1.24. The number of aromatic nitrogens is 3. The first-order chi connectivity index (χ1) is 12.7. The van der Waals surface area contributed by atoms with Crippen molar-refractivity contribution >= 4 is 16.7 Å². The Bertz CT molecular complexity index is 900. The summed E-state index contributed by atoms with van der Waals surface area (Å²) >= 11 is 0. The van der Waals surface area contributed by atoms with E-state index in [2.05, 4.69) is 63.9 Å². The van der Waals surface area contributed by atoms with E-state index in [1.807, 2.05) is 12.3 Å². The Hall–Kier alpha value is -2.53. The molecule has 4 rings (SSSR count). The van der Waals surface area contributed by atoms with Gasteiger partial charge in [-0.1, -0.05) is 25.1 Å². The summed E-state index contributed by atoms with van der Waals surface area (Å²) in [6, 6.07) is 12.6. The first-order valence-electron chi connectivity index (χ1n) is 9.37.